The molecule has 0 aliphatic carbocycles. The van der Waals surface area contributed by atoms with E-state index in [4.69, 9.17) is 9.11 Å². The van der Waals surface area contributed by atoms with E-state index in [-0.39, 0.29) is 11.5 Å². The zero-order valence-corrected chi connectivity index (χ0v) is 13.4. The van der Waals surface area contributed by atoms with Crippen LogP contribution in [0, 0.1) is 0 Å². The van der Waals surface area contributed by atoms with Crippen molar-refractivity contribution in [2.24, 2.45) is 0 Å². The Kier molecular flexibility index (Phi) is 8.18. The summed E-state index contributed by atoms with van der Waals surface area (Å²) in [5, 5.41) is -1.69. The normalized spacial score (nSPS) is 16.4. The van der Waals surface area contributed by atoms with Crippen molar-refractivity contribution in [3.05, 3.63) is 0 Å². The van der Waals surface area contributed by atoms with Crippen molar-refractivity contribution in [2.45, 2.75) is 37.2 Å². The molecule has 0 fully saturated rings. The largest absolute Gasteiger partial charge is 0.285 e. The van der Waals surface area contributed by atoms with Gasteiger partial charge in [0, 0.05) is 11.5 Å². The summed E-state index contributed by atoms with van der Waals surface area (Å²) in [6, 6.07) is 0. The maximum absolute atomic E-state index is 10.9. The molecule has 0 radical (unpaired) electrons. The molecular formula is C8H18O6S4. The van der Waals surface area contributed by atoms with E-state index in [2.05, 4.69) is 0 Å². The summed E-state index contributed by atoms with van der Waals surface area (Å²) in [4.78, 5) is 0. The molecule has 0 rings (SSSR count). The van der Waals surface area contributed by atoms with Crippen LogP contribution in [0.25, 0.3) is 0 Å². The molecule has 0 aromatic rings. The lowest BCUT2D eigenvalue weighted by atomic mass is 10.4. The molecule has 6 nitrogen and oxygen atoms in total. The highest BCUT2D eigenvalue weighted by molar-refractivity contribution is 8.76. The lowest BCUT2D eigenvalue weighted by Gasteiger charge is -2.12. The van der Waals surface area contributed by atoms with Crippen LogP contribution in [-0.4, -0.2) is 47.9 Å². The van der Waals surface area contributed by atoms with E-state index in [1.165, 1.54) is 21.6 Å². The van der Waals surface area contributed by atoms with Crippen LogP contribution in [0.1, 0.15) is 26.7 Å². The Labute approximate surface area is 116 Å². The second kappa shape index (κ2) is 7.95. The van der Waals surface area contributed by atoms with Crippen LogP contribution < -0.4 is 0 Å². The van der Waals surface area contributed by atoms with Crippen molar-refractivity contribution in [1.29, 1.82) is 0 Å². The average Bonchev–Trinajstić information content (AvgIpc) is 2.19. The van der Waals surface area contributed by atoms with Crippen LogP contribution in [0.4, 0.5) is 0 Å². The van der Waals surface area contributed by atoms with E-state index in [0.29, 0.717) is 12.8 Å². The third-order valence-corrected chi connectivity index (χ3v) is 8.01. The third-order valence-electron chi connectivity index (χ3n) is 2.34. The van der Waals surface area contributed by atoms with E-state index in [0.717, 1.165) is 0 Å². The zero-order valence-electron chi connectivity index (χ0n) is 10.1. The van der Waals surface area contributed by atoms with Crippen molar-refractivity contribution < 1.29 is 25.9 Å². The third kappa shape index (κ3) is 7.19. The Morgan fingerprint density at radius 1 is 0.833 bits per heavy atom. The SMILES string of the molecule is CCC(CSSCC(CC)S(=O)(=O)O)S(=O)(=O)O. The Morgan fingerprint density at radius 3 is 1.28 bits per heavy atom. The molecule has 110 valence electrons. The maximum atomic E-state index is 10.9. The first kappa shape index (κ1) is 18.5. The lowest BCUT2D eigenvalue weighted by molar-refractivity contribution is 0.467. The van der Waals surface area contributed by atoms with Gasteiger partial charge in [0.2, 0.25) is 0 Å². The van der Waals surface area contributed by atoms with Gasteiger partial charge in [0.05, 0.1) is 10.5 Å². The lowest BCUT2D eigenvalue weighted by Crippen LogP contribution is -2.23. The van der Waals surface area contributed by atoms with Crippen LogP contribution in [0.3, 0.4) is 0 Å². The van der Waals surface area contributed by atoms with Gasteiger partial charge in [-0.15, -0.1) is 0 Å². The Balaban J connectivity index is 4.14. The maximum Gasteiger partial charge on any atom is 0.268 e. The van der Waals surface area contributed by atoms with E-state index in [1.54, 1.807) is 13.8 Å². The van der Waals surface area contributed by atoms with Gasteiger partial charge in [-0.25, -0.2) is 0 Å². The molecule has 2 unspecified atom stereocenters. The van der Waals surface area contributed by atoms with Gasteiger partial charge in [-0.3, -0.25) is 9.11 Å². The molecule has 2 N–H and O–H groups in total. The molecule has 0 spiro atoms. The summed E-state index contributed by atoms with van der Waals surface area (Å²) < 4.78 is 61.4. The summed E-state index contributed by atoms with van der Waals surface area (Å²) in [5.74, 6) is 0.365. The monoisotopic (exact) mass is 338 g/mol. The molecule has 0 amide bonds. The summed E-state index contributed by atoms with van der Waals surface area (Å²) in [6.07, 6.45) is 0.587. The summed E-state index contributed by atoms with van der Waals surface area (Å²) in [5.41, 5.74) is 0. The molecule has 0 aromatic carbocycles. The highest BCUT2D eigenvalue weighted by atomic mass is 33.1. The molecule has 0 aliphatic heterocycles. The van der Waals surface area contributed by atoms with Crippen LogP contribution >= 0.6 is 21.6 Å². The summed E-state index contributed by atoms with van der Waals surface area (Å²) in [7, 11) is -5.75. The quantitative estimate of drug-likeness (QED) is 0.371. The van der Waals surface area contributed by atoms with Crippen LogP contribution in [-0.2, 0) is 20.2 Å². The minimum absolute atomic E-state index is 0.182. The van der Waals surface area contributed by atoms with Crippen molar-refractivity contribution in [1.82, 2.24) is 0 Å². The van der Waals surface area contributed by atoms with Gasteiger partial charge in [-0.1, -0.05) is 35.4 Å². The molecule has 18 heavy (non-hydrogen) atoms. The zero-order chi connectivity index (χ0) is 14.4. The molecule has 0 saturated heterocycles. The predicted molar refractivity (Wildman–Crippen MR) is 76.2 cm³/mol. The van der Waals surface area contributed by atoms with E-state index < -0.39 is 30.7 Å². The fraction of sp³-hybridized carbons (Fsp3) is 1.00. The number of hydrogen-bond acceptors (Lipinski definition) is 6. The molecule has 2 atom stereocenters. The van der Waals surface area contributed by atoms with E-state index in [9.17, 15) is 16.8 Å². The number of hydrogen-bond donors (Lipinski definition) is 2. The van der Waals surface area contributed by atoms with Crippen molar-refractivity contribution >= 4 is 41.8 Å². The van der Waals surface area contributed by atoms with E-state index in [1.807, 2.05) is 0 Å². The molecule has 0 saturated carbocycles. The Morgan fingerprint density at radius 2 is 1.11 bits per heavy atom. The standard InChI is InChI=1S/C8H18O6S4/c1-3-7(17(9,10)11)5-15-16-6-8(4-2)18(12,13)14/h7-8H,3-6H2,1-2H3,(H,9,10,11)(H,12,13,14). The average molecular weight is 338 g/mol. The minimum Gasteiger partial charge on any atom is -0.285 e. The Hall–Kier alpha value is 0.520. The topological polar surface area (TPSA) is 109 Å². The van der Waals surface area contributed by atoms with Crippen LogP contribution in [0.2, 0.25) is 0 Å². The van der Waals surface area contributed by atoms with Gasteiger partial charge in [0.15, 0.2) is 0 Å². The van der Waals surface area contributed by atoms with Crippen molar-refractivity contribution in [2.75, 3.05) is 11.5 Å². The predicted octanol–water partition coefficient (Wildman–Crippen LogP) is 1.70. The number of rotatable bonds is 9. The van der Waals surface area contributed by atoms with Gasteiger partial charge in [0.1, 0.15) is 0 Å². The second-order valence-electron chi connectivity index (χ2n) is 3.66. The van der Waals surface area contributed by atoms with Gasteiger partial charge in [-0.05, 0) is 12.8 Å². The van der Waals surface area contributed by atoms with Gasteiger partial charge in [-0.2, -0.15) is 16.8 Å². The highest BCUT2D eigenvalue weighted by Gasteiger charge is 2.23. The molecule has 0 heterocycles. The van der Waals surface area contributed by atoms with Gasteiger partial charge >= 0.3 is 0 Å². The van der Waals surface area contributed by atoms with Crippen molar-refractivity contribution in [3.8, 4) is 0 Å². The Bertz CT molecular complexity index is 387. The first-order valence-corrected chi connectivity index (χ1v) is 10.8. The summed E-state index contributed by atoms with van der Waals surface area (Å²) >= 11 is 0. The van der Waals surface area contributed by atoms with Gasteiger partial charge in [0.25, 0.3) is 20.2 Å². The molecular weight excluding hydrogens is 320 g/mol. The first-order valence-electron chi connectivity index (χ1n) is 5.29. The first-order chi connectivity index (χ1) is 8.12. The van der Waals surface area contributed by atoms with Gasteiger partial charge < -0.3 is 0 Å². The second-order valence-corrected chi connectivity index (χ2v) is 9.60. The van der Waals surface area contributed by atoms with Crippen molar-refractivity contribution in [3.63, 3.8) is 0 Å². The molecule has 10 heteroatoms. The van der Waals surface area contributed by atoms with E-state index >= 15 is 0 Å². The van der Waals surface area contributed by atoms with Crippen LogP contribution in [0.15, 0.2) is 0 Å². The molecule has 0 bridgehead atoms. The fourth-order valence-electron chi connectivity index (χ4n) is 1.08. The molecule has 0 aromatic heterocycles. The molecule has 0 aliphatic rings. The fourth-order valence-corrected chi connectivity index (χ4v) is 6.75. The summed E-state index contributed by atoms with van der Waals surface area (Å²) in [6.45, 7) is 3.30. The minimum atomic E-state index is -4.05. The smallest absolute Gasteiger partial charge is 0.268 e. The van der Waals surface area contributed by atoms with Crippen LogP contribution in [0.5, 0.6) is 0 Å². The highest BCUT2D eigenvalue weighted by Crippen LogP contribution is 2.27.